The average Bonchev–Trinajstić information content (AvgIpc) is 2.35. The SMILES string of the molecule is Cc1ccc(O)c(CN2CCC(CN(C)C)CC2)c1. The molecule has 0 atom stereocenters. The van der Waals surface area contributed by atoms with Crippen LogP contribution in [0.15, 0.2) is 18.2 Å². The van der Waals surface area contributed by atoms with E-state index in [1.807, 2.05) is 12.1 Å². The summed E-state index contributed by atoms with van der Waals surface area (Å²) in [6, 6.07) is 5.87. The van der Waals surface area contributed by atoms with Crippen LogP contribution in [0.25, 0.3) is 0 Å². The second-order valence-corrected chi connectivity index (χ2v) is 6.11. The van der Waals surface area contributed by atoms with Crippen molar-refractivity contribution in [2.24, 2.45) is 5.92 Å². The predicted octanol–water partition coefficient (Wildman–Crippen LogP) is 2.47. The third-order valence-corrected chi connectivity index (χ3v) is 3.96. The number of benzene rings is 1. The van der Waals surface area contributed by atoms with Crippen LogP contribution in [-0.4, -0.2) is 48.6 Å². The van der Waals surface area contributed by atoms with Gasteiger partial charge in [-0.25, -0.2) is 0 Å². The van der Waals surface area contributed by atoms with E-state index in [4.69, 9.17) is 0 Å². The first-order chi connectivity index (χ1) is 9.04. The third kappa shape index (κ3) is 4.22. The quantitative estimate of drug-likeness (QED) is 0.903. The second kappa shape index (κ2) is 6.40. The smallest absolute Gasteiger partial charge is 0.120 e. The van der Waals surface area contributed by atoms with E-state index in [-0.39, 0.29) is 0 Å². The van der Waals surface area contributed by atoms with E-state index in [2.05, 4.69) is 36.9 Å². The number of aryl methyl sites for hydroxylation is 1. The lowest BCUT2D eigenvalue weighted by Gasteiger charge is -2.33. The maximum Gasteiger partial charge on any atom is 0.120 e. The van der Waals surface area contributed by atoms with Crippen LogP contribution in [0.1, 0.15) is 24.0 Å². The molecule has 0 aromatic heterocycles. The van der Waals surface area contributed by atoms with Gasteiger partial charge in [0.05, 0.1) is 0 Å². The van der Waals surface area contributed by atoms with Gasteiger partial charge in [-0.15, -0.1) is 0 Å². The van der Waals surface area contributed by atoms with Gasteiger partial charge in [0.1, 0.15) is 5.75 Å². The van der Waals surface area contributed by atoms with Crippen molar-refractivity contribution in [1.82, 2.24) is 9.80 Å². The number of aromatic hydroxyl groups is 1. The summed E-state index contributed by atoms with van der Waals surface area (Å²) in [6.45, 7) is 6.44. The van der Waals surface area contributed by atoms with Gasteiger partial charge in [-0.2, -0.15) is 0 Å². The zero-order valence-corrected chi connectivity index (χ0v) is 12.4. The van der Waals surface area contributed by atoms with E-state index < -0.39 is 0 Å². The highest BCUT2D eigenvalue weighted by Crippen LogP contribution is 2.24. The Labute approximate surface area is 116 Å². The lowest BCUT2D eigenvalue weighted by atomic mass is 9.96. The van der Waals surface area contributed by atoms with Crippen LogP contribution >= 0.6 is 0 Å². The summed E-state index contributed by atoms with van der Waals surface area (Å²) in [5.41, 5.74) is 2.28. The molecule has 0 saturated carbocycles. The van der Waals surface area contributed by atoms with Crippen molar-refractivity contribution in [2.45, 2.75) is 26.3 Å². The van der Waals surface area contributed by atoms with Crippen molar-refractivity contribution in [2.75, 3.05) is 33.7 Å². The molecular weight excluding hydrogens is 236 g/mol. The number of phenols is 1. The zero-order valence-electron chi connectivity index (χ0n) is 12.4. The molecule has 19 heavy (non-hydrogen) atoms. The maximum absolute atomic E-state index is 9.90. The third-order valence-electron chi connectivity index (χ3n) is 3.96. The summed E-state index contributed by atoms with van der Waals surface area (Å²) in [5.74, 6) is 1.26. The first kappa shape index (κ1) is 14.4. The minimum atomic E-state index is 0.431. The zero-order chi connectivity index (χ0) is 13.8. The van der Waals surface area contributed by atoms with Crippen molar-refractivity contribution in [3.8, 4) is 5.75 Å². The minimum Gasteiger partial charge on any atom is -0.508 e. The Morgan fingerprint density at radius 1 is 1.26 bits per heavy atom. The van der Waals surface area contributed by atoms with Crippen LogP contribution in [0.4, 0.5) is 0 Å². The Morgan fingerprint density at radius 2 is 1.95 bits per heavy atom. The fourth-order valence-electron chi connectivity index (χ4n) is 2.93. The monoisotopic (exact) mass is 262 g/mol. The first-order valence-electron chi connectivity index (χ1n) is 7.20. The normalized spacial score (nSPS) is 18.1. The van der Waals surface area contributed by atoms with Gasteiger partial charge in [0, 0.05) is 18.7 Å². The van der Waals surface area contributed by atoms with E-state index >= 15 is 0 Å². The molecule has 1 aromatic rings. The Balaban J connectivity index is 1.87. The van der Waals surface area contributed by atoms with Gasteiger partial charge in [0.25, 0.3) is 0 Å². The molecule has 3 nitrogen and oxygen atoms in total. The molecule has 0 amide bonds. The van der Waals surface area contributed by atoms with Crippen molar-refractivity contribution >= 4 is 0 Å². The van der Waals surface area contributed by atoms with Gasteiger partial charge >= 0.3 is 0 Å². The minimum absolute atomic E-state index is 0.431. The van der Waals surface area contributed by atoms with Crippen LogP contribution in [0, 0.1) is 12.8 Å². The van der Waals surface area contributed by atoms with E-state index in [0.29, 0.717) is 5.75 Å². The lowest BCUT2D eigenvalue weighted by molar-refractivity contribution is 0.156. The van der Waals surface area contributed by atoms with E-state index in [1.54, 1.807) is 0 Å². The number of rotatable bonds is 4. The molecule has 1 heterocycles. The molecule has 0 aliphatic carbocycles. The van der Waals surface area contributed by atoms with Crippen LogP contribution in [0.5, 0.6) is 5.75 Å². The predicted molar refractivity (Wildman–Crippen MR) is 79.4 cm³/mol. The first-order valence-corrected chi connectivity index (χ1v) is 7.20. The molecule has 1 fully saturated rings. The lowest BCUT2D eigenvalue weighted by Crippen LogP contribution is -2.36. The van der Waals surface area contributed by atoms with Crippen LogP contribution in [0.2, 0.25) is 0 Å². The van der Waals surface area contributed by atoms with Crippen molar-refractivity contribution in [3.63, 3.8) is 0 Å². The van der Waals surface area contributed by atoms with Gasteiger partial charge in [0.2, 0.25) is 0 Å². The molecule has 0 radical (unpaired) electrons. The number of hydrogen-bond acceptors (Lipinski definition) is 3. The molecule has 106 valence electrons. The Morgan fingerprint density at radius 3 is 2.58 bits per heavy atom. The molecule has 0 spiro atoms. The van der Waals surface area contributed by atoms with Gasteiger partial charge in [-0.1, -0.05) is 17.7 Å². The van der Waals surface area contributed by atoms with Crippen molar-refractivity contribution < 1.29 is 5.11 Å². The largest absolute Gasteiger partial charge is 0.508 e. The van der Waals surface area contributed by atoms with Gasteiger partial charge in [-0.3, -0.25) is 4.90 Å². The summed E-state index contributed by atoms with van der Waals surface area (Å²) >= 11 is 0. The Hall–Kier alpha value is -1.06. The summed E-state index contributed by atoms with van der Waals surface area (Å²) in [7, 11) is 4.30. The highest BCUT2D eigenvalue weighted by atomic mass is 16.3. The molecule has 0 bridgehead atoms. The van der Waals surface area contributed by atoms with Crippen LogP contribution in [-0.2, 0) is 6.54 Å². The molecule has 1 saturated heterocycles. The number of piperidine rings is 1. The Kier molecular flexibility index (Phi) is 4.83. The highest BCUT2D eigenvalue weighted by molar-refractivity contribution is 5.35. The van der Waals surface area contributed by atoms with E-state index in [9.17, 15) is 5.11 Å². The summed E-state index contributed by atoms with van der Waals surface area (Å²) < 4.78 is 0. The standard InChI is InChI=1S/C16H26N2O/c1-13-4-5-16(19)15(10-13)12-18-8-6-14(7-9-18)11-17(2)3/h4-5,10,14,19H,6-9,11-12H2,1-3H3. The van der Waals surface area contributed by atoms with Gasteiger partial charge in [0.15, 0.2) is 0 Å². The van der Waals surface area contributed by atoms with E-state index in [1.165, 1.54) is 24.9 Å². The summed E-state index contributed by atoms with van der Waals surface area (Å²) in [4.78, 5) is 4.74. The van der Waals surface area contributed by atoms with Crippen molar-refractivity contribution in [3.05, 3.63) is 29.3 Å². The molecule has 1 aliphatic rings. The number of likely N-dealkylation sites (tertiary alicyclic amines) is 1. The molecule has 0 unspecified atom stereocenters. The number of nitrogens with zero attached hydrogens (tertiary/aromatic N) is 2. The molecular formula is C16H26N2O. The molecule has 2 rings (SSSR count). The number of phenolic OH excluding ortho intramolecular Hbond substituents is 1. The van der Waals surface area contributed by atoms with Crippen LogP contribution < -0.4 is 0 Å². The van der Waals surface area contributed by atoms with Gasteiger partial charge in [-0.05, 0) is 58.9 Å². The molecule has 1 aliphatic heterocycles. The van der Waals surface area contributed by atoms with Crippen molar-refractivity contribution in [1.29, 1.82) is 0 Å². The molecule has 1 N–H and O–H groups in total. The van der Waals surface area contributed by atoms with Crippen LogP contribution in [0.3, 0.4) is 0 Å². The summed E-state index contributed by atoms with van der Waals surface area (Å²) in [6.07, 6.45) is 2.54. The fraction of sp³-hybridized carbons (Fsp3) is 0.625. The topological polar surface area (TPSA) is 26.7 Å². The maximum atomic E-state index is 9.90. The summed E-state index contributed by atoms with van der Waals surface area (Å²) in [5, 5.41) is 9.90. The van der Waals surface area contributed by atoms with E-state index in [0.717, 1.165) is 31.1 Å². The van der Waals surface area contributed by atoms with Gasteiger partial charge < -0.3 is 10.0 Å². The highest BCUT2D eigenvalue weighted by Gasteiger charge is 2.20. The molecule has 1 aromatic carbocycles. The number of hydrogen-bond donors (Lipinski definition) is 1. The average molecular weight is 262 g/mol. The second-order valence-electron chi connectivity index (χ2n) is 6.11. The fourth-order valence-corrected chi connectivity index (χ4v) is 2.93. The molecule has 3 heteroatoms. The Bertz CT molecular complexity index is 409.